The van der Waals surface area contributed by atoms with Crippen molar-refractivity contribution in [1.82, 2.24) is 5.10 Å². The van der Waals surface area contributed by atoms with Crippen LogP contribution in [0.2, 0.25) is 0 Å². The molecule has 2 aromatic carbocycles. The van der Waals surface area contributed by atoms with E-state index in [0.29, 0.717) is 12.1 Å². The van der Waals surface area contributed by atoms with Gasteiger partial charge >= 0.3 is 6.18 Å². The second-order valence-corrected chi connectivity index (χ2v) is 5.49. The third kappa shape index (κ3) is 2.24. The molecule has 0 aliphatic carbocycles. The van der Waals surface area contributed by atoms with E-state index in [9.17, 15) is 13.2 Å². The van der Waals surface area contributed by atoms with Crippen LogP contribution in [0.4, 0.5) is 17.6 Å². The molecule has 0 amide bonds. The van der Waals surface area contributed by atoms with Gasteiger partial charge in [-0.3, -0.25) is 0 Å². The van der Waals surface area contributed by atoms with Crippen molar-refractivity contribution in [1.29, 1.82) is 0 Å². The van der Waals surface area contributed by atoms with Crippen LogP contribution in [-0.4, -0.2) is 5.10 Å². The molecule has 0 bridgehead atoms. The van der Waals surface area contributed by atoms with Gasteiger partial charge in [0.15, 0.2) is 7.05 Å². The molecule has 0 saturated carbocycles. The van der Waals surface area contributed by atoms with Crippen LogP contribution in [0, 0.1) is 12.7 Å². The Morgan fingerprint density at radius 2 is 1.70 bits per heavy atom. The van der Waals surface area contributed by atoms with Gasteiger partial charge in [0.25, 0.3) is 0 Å². The topological polar surface area (TPSA) is 16.8 Å². The highest BCUT2D eigenvalue weighted by Gasteiger charge is 2.38. The SMILES string of the molecule is CCc1c2c(F)c3ccccc3c(C(F)(F)F)c2c(C)n[n+]1C. The van der Waals surface area contributed by atoms with Gasteiger partial charge in [-0.25, -0.2) is 4.39 Å². The molecule has 2 nitrogen and oxygen atoms in total. The van der Waals surface area contributed by atoms with Crippen LogP contribution in [0.1, 0.15) is 23.9 Å². The fourth-order valence-electron chi connectivity index (χ4n) is 3.23. The van der Waals surface area contributed by atoms with Crippen LogP contribution in [0.25, 0.3) is 21.5 Å². The minimum absolute atomic E-state index is 0.00789. The molecular weight excluding hydrogens is 308 g/mol. The molecule has 0 fully saturated rings. The van der Waals surface area contributed by atoms with Gasteiger partial charge in [-0.2, -0.15) is 13.2 Å². The molecule has 1 aromatic heterocycles. The maximum Gasteiger partial charge on any atom is 0.417 e. The minimum atomic E-state index is -4.59. The van der Waals surface area contributed by atoms with Crippen LogP contribution in [0.5, 0.6) is 0 Å². The van der Waals surface area contributed by atoms with Gasteiger partial charge in [0.2, 0.25) is 5.69 Å². The monoisotopic (exact) mass is 323 g/mol. The number of alkyl halides is 3. The average Bonchev–Trinajstić information content (AvgIpc) is 2.47. The quantitative estimate of drug-likeness (QED) is 0.372. The third-order valence-corrected chi connectivity index (χ3v) is 4.11. The maximum atomic E-state index is 15.0. The number of aryl methyl sites for hydroxylation is 3. The number of aromatic nitrogens is 2. The largest absolute Gasteiger partial charge is 0.417 e. The van der Waals surface area contributed by atoms with Crippen molar-refractivity contribution in [2.24, 2.45) is 7.05 Å². The highest BCUT2D eigenvalue weighted by Crippen LogP contribution is 2.42. The second kappa shape index (κ2) is 5.15. The van der Waals surface area contributed by atoms with Gasteiger partial charge in [-0.05, 0) is 17.4 Å². The van der Waals surface area contributed by atoms with E-state index in [1.54, 1.807) is 14.0 Å². The van der Waals surface area contributed by atoms with Crippen molar-refractivity contribution in [3.63, 3.8) is 0 Å². The first-order chi connectivity index (χ1) is 10.8. The highest BCUT2D eigenvalue weighted by molar-refractivity contribution is 6.04. The van der Waals surface area contributed by atoms with Crippen LogP contribution < -0.4 is 4.68 Å². The van der Waals surface area contributed by atoms with Crippen molar-refractivity contribution >= 4 is 21.5 Å². The van der Waals surface area contributed by atoms with Gasteiger partial charge in [0.1, 0.15) is 11.5 Å². The normalized spacial score (nSPS) is 12.3. The molecule has 120 valence electrons. The number of nitrogens with zero attached hydrogens (tertiary/aromatic N) is 2. The molecule has 0 aliphatic heterocycles. The molecule has 6 heteroatoms. The summed E-state index contributed by atoms with van der Waals surface area (Å²) in [5.74, 6) is -0.624. The standard InChI is InChI=1S/C17H15F4N2/c1-4-12-14-13(9(2)22-23(12)3)15(17(19,20)21)10-7-5-6-8-11(10)16(14)18/h5-8H,4H2,1-3H3/q+1. The number of hydrogen-bond donors (Lipinski definition) is 0. The molecule has 0 spiro atoms. The van der Waals surface area contributed by atoms with E-state index in [2.05, 4.69) is 5.10 Å². The lowest BCUT2D eigenvalue weighted by atomic mass is 9.94. The smallest absolute Gasteiger partial charge is 0.205 e. The summed E-state index contributed by atoms with van der Waals surface area (Å²) in [5, 5.41) is 3.85. The van der Waals surface area contributed by atoms with Crippen LogP contribution in [0.3, 0.4) is 0 Å². The summed E-state index contributed by atoms with van der Waals surface area (Å²) in [4.78, 5) is 0. The number of benzene rings is 2. The summed E-state index contributed by atoms with van der Waals surface area (Å²) in [6.07, 6.45) is -4.21. The van der Waals surface area contributed by atoms with E-state index < -0.39 is 17.6 Å². The lowest BCUT2D eigenvalue weighted by Gasteiger charge is -2.16. The molecule has 0 unspecified atom stereocenters. The molecule has 1 heterocycles. The van der Waals surface area contributed by atoms with Crippen molar-refractivity contribution < 1.29 is 22.2 Å². The van der Waals surface area contributed by atoms with E-state index in [1.807, 2.05) is 0 Å². The van der Waals surface area contributed by atoms with Crippen molar-refractivity contribution in [3.05, 3.63) is 47.0 Å². The number of halogens is 4. The predicted molar refractivity (Wildman–Crippen MR) is 79.5 cm³/mol. The Labute approximate surface area is 130 Å². The fourth-order valence-corrected chi connectivity index (χ4v) is 3.23. The lowest BCUT2D eigenvalue weighted by molar-refractivity contribution is -0.736. The molecule has 23 heavy (non-hydrogen) atoms. The van der Waals surface area contributed by atoms with Gasteiger partial charge in [0, 0.05) is 17.2 Å². The number of fused-ring (bicyclic) bond motifs is 2. The zero-order valence-electron chi connectivity index (χ0n) is 12.9. The summed E-state index contributed by atoms with van der Waals surface area (Å²) in [5.41, 5.74) is -0.208. The summed E-state index contributed by atoms with van der Waals surface area (Å²) in [6.45, 7) is 3.25. The Kier molecular flexibility index (Phi) is 3.50. The van der Waals surface area contributed by atoms with E-state index in [0.717, 1.165) is 0 Å². The minimum Gasteiger partial charge on any atom is -0.205 e. The molecule has 0 atom stereocenters. The van der Waals surface area contributed by atoms with Gasteiger partial charge in [-0.15, -0.1) is 0 Å². The summed E-state index contributed by atoms with van der Waals surface area (Å²) < 4.78 is 57.7. The van der Waals surface area contributed by atoms with Gasteiger partial charge in [0.05, 0.1) is 10.9 Å². The summed E-state index contributed by atoms with van der Waals surface area (Å²) >= 11 is 0. The maximum absolute atomic E-state index is 15.0. The van der Waals surface area contributed by atoms with E-state index in [-0.39, 0.29) is 27.2 Å². The molecule has 0 radical (unpaired) electrons. The Morgan fingerprint density at radius 1 is 1.09 bits per heavy atom. The Morgan fingerprint density at radius 3 is 2.26 bits per heavy atom. The summed E-state index contributed by atoms with van der Waals surface area (Å²) in [6, 6.07) is 5.71. The second-order valence-electron chi connectivity index (χ2n) is 5.49. The fraction of sp³-hybridized carbons (Fsp3) is 0.294. The molecule has 0 N–H and O–H groups in total. The van der Waals surface area contributed by atoms with Gasteiger partial charge < -0.3 is 0 Å². The van der Waals surface area contributed by atoms with Crippen LogP contribution in [-0.2, 0) is 19.6 Å². The zero-order chi connectivity index (χ0) is 16.9. The van der Waals surface area contributed by atoms with Gasteiger partial charge in [-0.1, -0.05) is 35.9 Å². The average molecular weight is 323 g/mol. The van der Waals surface area contributed by atoms with E-state index in [1.165, 1.54) is 35.9 Å². The number of rotatable bonds is 1. The zero-order valence-corrected chi connectivity index (χ0v) is 12.9. The van der Waals surface area contributed by atoms with Crippen LogP contribution >= 0.6 is 0 Å². The highest BCUT2D eigenvalue weighted by atomic mass is 19.4. The molecule has 0 saturated heterocycles. The predicted octanol–water partition coefficient (Wildman–Crippen LogP) is 4.24. The van der Waals surface area contributed by atoms with E-state index >= 15 is 4.39 Å². The first-order valence-corrected chi connectivity index (χ1v) is 7.24. The van der Waals surface area contributed by atoms with Crippen molar-refractivity contribution in [2.75, 3.05) is 0 Å². The third-order valence-electron chi connectivity index (χ3n) is 4.11. The molecule has 3 aromatic rings. The summed E-state index contributed by atoms with van der Waals surface area (Å²) in [7, 11) is 1.62. The first-order valence-electron chi connectivity index (χ1n) is 7.24. The lowest BCUT2D eigenvalue weighted by Crippen LogP contribution is -2.39. The van der Waals surface area contributed by atoms with E-state index in [4.69, 9.17) is 0 Å². The number of hydrogen-bond acceptors (Lipinski definition) is 1. The Balaban J connectivity index is 2.74. The first kappa shape index (κ1) is 15.6. The van der Waals surface area contributed by atoms with Crippen molar-refractivity contribution in [2.45, 2.75) is 26.4 Å². The van der Waals surface area contributed by atoms with Crippen molar-refractivity contribution in [3.8, 4) is 0 Å². The molecule has 0 aliphatic rings. The molecule has 3 rings (SSSR count). The Hall–Kier alpha value is -2.24. The molecular formula is C17H15F4N2+. The van der Waals surface area contributed by atoms with Crippen LogP contribution in [0.15, 0.2) is 24.3 Å². The Bertz CT molecular complexity index is 930.